The maximum Gasteiger partial charge on any atom is 0.354 e. The van der Waals surface area contributed by atoms with Crippen LogP contribution in [0.5, 0.6) is 0 Å². The molecule has 0 aliphatic carbocycles. The molecule has 19 heavy (non-hydrogen) atoms. The number of hydrogen-bond acceptors (Lipinski definition) is 3. The Hall–Kier alpha value is -2.21. The van der Waals surface area contributed by atoms with Gasteiger partial charge in [-0.1, -0.05) is 28.1 Å². The number of fused-ring (bicyclic) bond motifs is 1. The number of rotatable bonds is 2. The lowest BCUT2D eigenvalue weighted by atomic mass is 10.1. The van der Waals surface area contributed by atoms with Crippen LogP contribution in [0.4, 0.5) is 0 Å². The first-order chi connectivity index (χ1) is 9.16. The average Bonchev–Trinajstić information content (AvgIpc) is 2.83. The molecule has 3 rings (SSSR count). The highest BCUT2D eigenvalue weighted by molar-refractivity contribution is 9.10. The third kappa shape index (κ3) is 2.00. The fourth-order valence-corrected chi connectivity index (χ4v) is 2.15. The number of benzene rings is 1. The van der Waals surface area contributed by atoms with Crippen molar-refractivity contribution in [2.24, 2.45) is 0 Å². The standard InChI is InChI=1S/C13H8BrN3O2/c14-9-3-1-8(2-4-9)10-7-16-17-11(13(18)19)5-6-15-12(10)17/h1-7H,(H,18,19). The van der Waals surface area contributed by atoms with Gasteiger partial charge >= 0.3 is 5.97 Å². The van der Waals surface area contributed by atoms with Crippen LogP contribution in [0.15, 0.2) is 47.2 Å². The number of aromatic carboxylic acids is 1. The summed E-state index contributed by atoms with van der Waals surface area (Å²) in [5, 5.41) is 13.2. The highest BCUT2D eigenvalue weighted by Crippen LogP contribution is 2.25. The lowest BCUT2D eigenvalue weighted by Gasteiger charge is -2.01. The molecule has 2 heterocycles. The SMILES string of the molecule is O=C(O)c1ccnc2c(-c3ccc(Br)cc3)cnn12. The molecule has 0 radical (unpaired) electrons. The monoisotopic (exact) mass is 317 g/mol. The molecule has 2 aromatic heterocycles. The van der Waals surface area contributed by atoms with Crippen molar-refractivity contribution in [3.8, 4) is 11.1 Å². The van der Waals surface area contributed by atoms with E-state index in [1.54, 1.807) is 6.20 Å². The highest BCUT2D eigenvalue weighted by atomic mass is 79.9. The Morgan fingerprint density at radius 3 is 2.63 bits per heavy atom. The fraction of sp³-hybridized carbons (Fsp3) is 0. The number of carboxylic acids is 1. The van der Waals surface area contributed by atoms with Crippen LogP contribution in [0.1, 0.15) is 10.5 Å². The molecule has 0 amide bonds. The molecule has 3 aromatic rings. The smallest absolute Gasteiger partial charge is 0.354 e. The summed E-state index contributed by atoms with van der Waals surface area (Å²) in [5.41, 5.74) is 2.36. The lowest BCUT2D eigenvalue weighted by molar-refractivity contribution is 0.0687. The summed E-state index contributed by atoms with van der Waals surface area (Å²) < 4.78 is 2.31. The average molecular weight is 318 g/mol. The summed E-state index contributed by atoms with van der Waals surface area (Å²) in [6, 6.07) is 9.11. The van der Waals surface area contributed by atoms with E-state index >= 15 is 0 Å². The van der Waals surface area contributed by atoms with Crippen LogP contribution in [0.3, 0.4) is 0 Å². The van der Waals surface area contributed by atoms with Crippen LogP contribution < -0.4 is 0 Å². The van der Waals surface area contributed by atoms with Crippen LogP contribution >= 0.6 is 15.9 Å². The van der Waals surface area contributed by atoms with Gasteiger partial charge in [-0.15, -0.1) is 0 Å². The van der Waals surface area contributed by atoms with Crippen molar-refractivity contribution in [1.82, 2.24) is 14.6 Å². The summed E-state index contributed by atoms with van der Waals surface area (Å²) in [5.74, 6) is -1.03. The van der Waals surface area contributed by atoms with Crippen LogP contribution in [0.25, 0.3) is 16.8 Å². The third-order valence-corrected chi connectivity index (χ3v) is 3.30. The zero-order valence-electron chi connectivity index (χ0n) is 9.62. The van der Waals surface area contributed by atoms with Crippen LogP contribution in [0, 0.1) is 0 Å². The second-order valence-electron chi connectivity index (χ2n) is 3.94. The van der Waals surface area contributed by atoms with E-state index in [2.05, 4.69) is 26.0 Å². The van der Waals surface area contributed by atoms with E-state index < -0.39 is 5.97 Å². The second kappa shape index (κ2) is 4.47. The molecule has 0 fully saturated rings. The van der Waals surface area contributed by atoms with E-state index in [0.29, 0.717) is 5.65 Å². The van der Waals surface area contributed by atoms with Crippen LogP contribution in [-0.4, -0.2) is 25.7 Å². The van der Waals surface area contributed by atoms with Gasteiger partial charge in [0.2, 0.25) is 0 Å². The van der Waals surface area contributed by atoms with Crippen LogP contribution in [-0.2, 0) is 0 Å². The van der Waals surface area contributed by atoms with E-state index in [1.807, 2.05) is 24.3 Å². The van der Waals surface area contributed by atoms with Gasteiger partial charge in [-0.25, -0.2) is 14.3 Å². The van der Waals surface area contributed by atoms with E-state index in [-0.39, 0.29) is 5.69 Å². The molecule has 0 saturated heterocycles. The molecule has 0 bridgehead atoms. The second-order valence-corrected chi connectivity index (χ2v) is 4.85. The van der Waals surface area contributed by atoms with E-state index in [1.165, 1.54) is 16.8 Å². The third-order valence-electron chi connectivity index (χ3n) is 2.78. The van der Waals surface area contributed by atoms with Crippen molar-refractivity contribution in [2.45, 2.75) is 0 Å². The van der Waals surface area contributed by atoms with Crippen molar-refractivity contribution in [3.05, 3.63) is 52.9 Å². The molecule has 0 aliphatic heterocycles. The lowest BCUT2D eigenvalue weighted by Crippen LogP contribution is -2.06. The van der Waals surface area contributed by atoms with Crippen molar-refractivity contribution >= 4 is 27.5 Å². The molecule has 0 saturated carbocycles. The van der Waals surface area contributed by atoms with E-state index in [9.17, 15) is 4.79 Å². The Labute approximate surface area is 116 Å². The molecule has 0 atom stereocenters. The van der Waals surface area contributed by atoms with Gasteiger partial charge in [0.05, 0.1) is 6.20 Å². The minimum absolute atomic E-state index is 0.0911. The van der Waals surface area contributed by atoms with Gasteiger partial charge < -0.3 is 5.11 Å². The van der Waals surface area contributed by atoms with Gasteiger partial charge in [-0.05, 0) is 23.8 Å². The zero-order chi connectivity index (χ0) is 13.4. The molecule has 5 nitrogen and oxygen atoms in total. The largest absolute Gasteiger partial charge is 0.477 e. The van der Waals surface area contributed by atoms with E-state index in [0.717, 1.165) is 15.6 Å². The van der Waals surface area contributed by atoms with Gasteiger partial charge in [0.1, 0.15) is 0 Å². The molecule has 0 unspecified atom stereocenters. The summed E-state index contributed by atoms with van der Waals surface area (Å²) in [7, 11) is 0. The zero-order valence-corrected chi connectivity index (χ0v) is 11.2. The minimum Gasteiger partial charge on any atom is -0.477 e. The fourth-order valence-electron chi connectivity index (χ4n) is 1.89. The molecule has 0 spiro atoms. The first-order valence-electron chi connectivity index (χ1n) is 5.49. The quantitative estimate of drug-likeness (QED) is 0.789. The Morgan fingerprint density at radius 2 is 1.95 bits per heavy atom. The van der Waals surface area contributed by atoms with Gasteiger partial charge in [-0.2, -0.15) is 5.10 Å². The molecule has 1 N–H and O–H groups in total. The molecular weight excluding hydrogens is 310 g/mol. The highest BCUT2D eigenvalue weighted by Gasteiger charge is 2.13. The number of carboxylic acid groups (broad SMARTS) is 1. The Balaban J connectivity index is 2.24. The Bertz CT molecular complexity index is 765. The number of hydrogen-bond donors (Lipinski definition) is 1. The summed E-state index contributed by atoms with van der Waals surface area (Å²) in [6.45, 7) is 0. The van der Waals surface area contributed by atoms with Gasteiger partial charge in [0.25, 0.3) is 0 Å². The summed E-state index contributed by atoms with van der Waals surface area (Å²) >= 11 is 3.37. The maximum absolute atomic E-state index is 11.1. The van der Waals surface area contributed by atoms with E-state index in [4.69, 9.17) is 5.11 Å². The molecule has 6 heteroatoms. The van der Waals surface area contributed by atoms with Gasteiger partial charge in [0.15, 0.2) is 11.3 Å². The van der Waals surface area contributed by atoms with Crippen molar-refractivity contribution in [3.63, 3.8) is 0 Å². The normalized spacial score (nSPS) is 10.8. The predicted octanol–water partition coefficient (Wildman–Crippen LogP) is 2.86. The van der Waals surface area contributed by atoms with Crippen molar-refractivity contribution in [1.29, 1.82) is 0 Å². The Kier molecular flexibility index (Phi) is 2.79. The molecule has 94 valence electrons. The Morgan fingerprint density at radius 1 is 1.21 bits per heavy atom. The van der Waals surface area contributed by atoms with Gasteiger partial charge in [-0.3, -0.25) is 0 Å². The molecular formula is C13H8BrN3O2. The predicted molar refractivity (Wildman–Crippen MR) is 73.1 cm³/mol. The molecule has 1 aromatic carbocycles. The summed E-state index contributed by atoms with van der Waals surface area (Å²) in [6.07, 6.45) is 3.10. The van der Waals surface area contributed by atoms with Crippen molar-refractivity contribution in [2.75, 3.05) is 0 Å². The topological polar surface area (TPSA) is 67.5 Å². The first kappa shape index (κ1) is 11.9. The first-order valence-corrected chi connectivity index (χ1v) is 6.28. The maximum atomic E-state index is 11.1. The summed E-state index contributed by atoms with van der Waals surface area (Å²) in [4.78, 5) is 15.3. The number of halogens is 1. The van der Waals surface area contributed by atoms with Crippen molar-refractivity contribution < 1.29 is 9.90 Å². The van der Waals surface area contributed by atoms with Crippen LogP contribution in [0.2, 0.25) is 0 Å². The number of nitrogens with zero attached hydrogens (tertiary/aromatic N) is 3. The van der Waals surface area contributed by atoms with Gasteiger partial charge in [0, 0.05) is 16.2 Å². The molecule has 0 aliphatic rings. The number of aromatic nitrogens is 3. The minimum atomic E-state index is -1.03. The number of carbonyl (C=O) groups is 1.